The zero-order valence-corrected chi connectivity index (χ0v) is 17.1. The number of phenols is 1. The van der Waals surface area contributed by atoms with Crippen LogP contribution >= 0.6 is 0 Å². The molecule has 0 spiro atoms. The van der Waals surface area contributed by atoms with Crippen molar-refractivity contribution in [2.75, 3.05) is 0 Å². The summed E-state index contributed by atoms with van der Waals surface area (Å²) in [5.74, 6) is 0.827. The molecule has 2 heterocycles. The molecule has 0 aliphatic heterocycles. The Kier molecular flexibility index (Phi) is 4.22. The second-order valence-corrected chi connectivity index (χ2v) is 7.70. The number of benzene rings is 4. The molecule has 152 valence electrons. The topological polar surface area (TPSA) is 59.2 Å². The van der Waals surface area contributed by atoms with Crippen LogP contribution < -0.4 is 0 Å². The van der Waals surface area contributed by atoms with Gasteiger partial charge in [0.2, 0.25) is 5.89 Å². The maximum atomic E-state index is 10.6. The number of hydrogen-bond acceptors (Lipinski definition) is 4. The van der Waals surface area contributed by atoms with Gasteiger partial charge in [-0.15, -0.1) is 0 Å². The highest BCUT2D eigenvalue weighted by atomic mass is 16.3. The van der Waals surface area contributed by atoms with Crippen LogP contribution in [0, 0.1) is 0 Å². The summed E-state index contributed by atoms with van der Waals surface area (Å²) in [5.41, 5.74) is 6.25. The summed E-state index contributed by atoms with van der Waals surface area (Å²) in [6.45, 7) is 0. The highest BCUT2D eigenvalue weighted by Gasteiger charge is 2.12. The van der Waals surface area contributed by atoms with Crippen molar-refractivity contribution in [3.8, 4) is 39.5 Å². The minimum absolute atomic E-state index is 0.272. The summed E-state index contributed by atoms with van der Waals surface area (Å²) in [5, 5.41) is 12.8. The number of rotatable bonds is 3. The molecule has 4 heteroatoms. The third-order valence-corrected chi connectivity index (χ3v) is 5.69. The van der Waals surface area contributed by atoms with Gasteiger partial charge in [0.15, 0.2) is 5.58 Å². The van der Waals surface area contributed by atoms with Gasteiger partial charge in [-0.1, -0.05) is 54.6 Å². The first kappa shape index (κ1) is 18.3. The van der Waals surface area contributed by atoms with E-state index in [9.17, 15) is 5.11 Å². The van der Waals surface area contributed by atoms with Gasteiger partial charge < -0.3 is 9.52 Å². The summed E-state index contributed by atoms with van der Waals surface area (Å²) in [7, 11) is 0. The summed E-state index contributed by atoms with van der Waals surface area (Å²) in [6.07, 6.45) is 3.47. The predicted molar refractivity (Wildman–Crippen MR) is 127 cm³/mol. The quantitative estimate of drug-likeness (QED) is 0.336. The van der Waals surface area contributed by atoms with Gasteiger partial charge in [0.1, 0.15) is 11.3 Å². The summed E-state index contributed by atoms with van der Waals surface area (Å²) in [6, 6.07) is 29.8. The largest absolute Gasteiger partial charge is 0.507 e. The van der Waals surface area contributed by atoms with E-state index in [2.05, 4.69) is 28.2 Å². The van der Waals surface area contributed by atoms with Crippen LogP contribution in [0.3, 0.4) is 0 Å². The van der Waals surface area contributed by atoms with Crippen molar-refractivity contribution < 1.29 is 9.52 Å². The van der Waals surface area contributed by atoms with Crippen LogP contribution in [0.2, 0.25) is 0 Å². The first-order chi connectivity index (χ1) is 15.8. The molecule has 0 amide bonds. The normalized spacial score (nSPS) is 11.2. The number of phenolic OH excluding ortho intramolecular Hbond substituents is 1. The average Bonchev–Trinajstić information content (AvgIpc) is 3.28. The van der Waals surface area contributed by atoms with Gasteiger partial charge in [-0.25, -0.2) is 4.98 Å². The Morgan fingerprint density at radius 3 is 2.44 bits per heavy atom. The summed E-state index contributed by atoms with van der Waals surface area (Å²) in [4.78, 5) is 8.80. The number of aromatic nitrogens is 2. The molecule has 0 atom stereocenters. The Labute approximate surface area is 184 Å². The Balaban J connectivity index is 1.45. The second kappa shape index (κ2) is 7.36. The number of fused-ring (bicyclic) bond motifs is 2. The maximum absolute atomic E-state index is 10.6. The van der Waals surface area contributed by atoms with E-state index in [0.29, 0.717) is 5.89 Å². The van der Waals surface area contributed by atoms with E-state index in [4.69, 9.17) is 4.42 Å². The highest BCUT2D eigenvalue weighted by molar-refractivity contribution is 6.00. The van der Waals surface area contributed by atoms with E-state index < -0.39 is 0 Å². The molecule has 0 radical (unpaired) electrons. The molecule has 0 fully saturated rings. The SMILES string of the molecule is Oc1ccc2ccccc2c1-c1cccc(-c2ccc3oc(-c4cccnc4)nc3c2)c1. The molecule has 0 unspecified atom stereocenters. The molecular formula is C28H18N2O2. The molecule has 32 heavy (non-hydrogen) atoms. The monoisotopic (exact) mass is 414 g/mol. The molecular weight excluding hydrogens is 396 g/mol. The Bertz CT molecular complexity index is 1590. The summed E-state index contributed by atoms with van der Waals surface area (Å²) < 4.78 is 5.92. The van der Waals surface area contributed by atoms with Gasteiger partial charge in [0.05, 0.1) is 5.56 Å². The van der Waals surface area contributed by atoms with Gasteiger partial charge >= 0.3 is 0 Å². The zero-order valence-electron chi connectivity index (χ0n) is 17.1. The molecule has 0 saturated carbocycles. The van der Waals surface area contributed by atoms with Crippen LogP contribution in [0.4, 0.5) is 0 Å². The van der Waals surface area contributed by atoms with Crippen molar-refractivity contribution in [3.63, 3.8) is 0 Å². The molecule has 0 aliphatic carbocycles. The molecule has 1 N–H and O–H groups in total. The van der Waals surface area contributed by atoms with Gasteiger partial charge in [0, 0.05) is 18.0 Å². The summed E-state index contributed by atoms with van der Waals surface area (Å²) >= 11 is 0. The lowest BCUT2D eigenvalue weighted by Gasteiger charge is -2.11. The standard InChI is InChI=1S/C28H18N2O2/c31-25-12-10-18-5-1-2-9-23(18)27(25)21-7-3-6-19(15-21)20-11-13-26-24(16-20)30-28(32-26)22-8-4-14-29-17-22/h1-17,31H. The van der Waals surface area contributed by atoms with E-state index in [-0.39, 0.29) is 5.75 Å². The van der Waals surface area contributed by atoms with Crippen LogP contribution in [0.5, 0.6) is 5.75 Å². The zero-order chi connectivity index (χ0) is 21.5. The van der Waals surface area contributed by atoms with E-state index in [1.807, 2.05) is 66.7 Å². The van der Waals surface area contributed by atoms with Gasteiger partial charge in [-0.2, -0.15) is 0 Å². The Morgan fingerprint density at radius 1 is 0.688 bits per heavy atom. The van der Waals surface area contributed by atoms with Crippen molar-refractivity contribution in [2.24, 2.45) is 0 Å². The fourth-order valence-electron chi connectivity index (χ4n) is 4.14. The first-order valence-electron chi connectivity index (χ1n) is 10.4. The molecule has 2 aromatic heterocycles. The average molecular weight is 414 g/mol. The lowest BCUT2D eigenvalue weighted by Crippen LogP contribution is -1.85. The van der Waals surface area contributed by atoms with E-state index >= 15 is 0 Å². The van der Waals surface area contributed by atoms with E-state index in [0.717, 1.165) is 49.7 Å². The van der Waals surface area contributed by atoms with Crippen LogP contribution in [0.15, 0.2) is 108 Å². The van der Waals surface area contributed by atoms with Crippen LogP contribution in [0.1, 0.15) is 0 Å². The van der Waals surface area contributed by atoms with E-state index in [1.54, 1.807) is 18.5 Å². The molecule has 6 rings (SSSR count). The number of hydrogen-bond donors (Lipinski definition) is 1. The predicted octanol–water partition coefficient (Wildman–Crippen LogP) is 7.08. The smallest absolute Gasteiger partial charge is 0.228 e. The molecule has 0 saturated heterocycles. The van der Waals surface area contributed by atoms with Crippen molar-refractivity contribution in [1.82, 2.24) is 9.97 Å². The molecule has 4 aromatic carbocycles. The number of oxazole rings is 1. The second-order valence-electron chi connectivity index (χ2n) is 7.70. The molecule has 0 bridgehead atoms. The highest BCUT2D eigenvalue weighted by Crippen LogP contribution is 2.38. The van der Waals surface area contributed by atoms with Gasteiger partial charge in [0.25, 0.3) is 0 Å². The molecule has 6 aromatic rings. The van der Waals surface area contributed by atoms with Crippen molar-refractivity contribution in [1.29, 1.82) is 0 Å². The van der Waals surface area contributed by atoms with Crippen molar-refractivity contribution in [3.05, 3.63) is 103 Å². The number of pyridine rings is 1. The van der Waals surface area contributed by atoms with Gasteiger partial charge in [-0.05, 0) is 63.9 Å². The fourth-order valence-corrected chi connectivity index (χ4v) is 4.14. The minimum atomic E-state index is 0.272. The third kappa shape index (κ3) is 3.10. The van der Waals surface area contributed by atoms with Gasteiger partial charge in [-0.3, -0.25) is 4.98 Å². The number of aromatic hydroxyl groups is 1. The van der Waals surface area contributed by atoms with Crippen LogP contribution in [0.25, 0.3) is 55.6 Å². The lowest BCUT2D eigenvalue weighted by atomic mass is 9.94. The maximum Gasteiger partial charge on any atom is 0.228 e. The van der Waals surface area contributed by atoms with Crippen LogP contribution in [-0.2, 0) is 0 Å². The Hall–Kier alpha value is -4.44. The third-order valence-electron chi connectivity index (χ3n) is 5.69. The van der Waals surface area contributed by atoms with Crippen LogP contribution in [-0.4, -0.2) is 15.1 Å². The molecule has 0 aliphatic rings. The Morgan fingerprint density at radius 2 is 1.53 bits per heavy atom. The fraction of sp³-hybridized carbons (Fsp3) is 0. The molecule has 4 nitrogen and oxygen atoms in total. The first-order valence-corrected chi connectivity index (χ1v) is 10.4. The lowest BCUT2D eigenvalue weighted by molar-refractivity contribution is 0.478. The van der Waals surface area contributed by atoms with Crippen molar-refractivity contribution >= 4 is 21.9 Å². The number of nitrogens with zero attached hydrogens (tertiary/aromatic N) is 2. The minimum Gasteiger partial charge on any atom is -0.507 e. The van der Waals surface area contributed by atoms with E-state index in [1.165, 1.54) is 0 Å². The van der Waals surface area contributed by atoms with Crippen molar-refractivity contribution in [2.45, 2.75) is 0 Å².